The number of aromatic amines is 1. The minimum absolute atomic E-state index is 0.131. The van der Waals surface area contributed by atoms with Crippen molar-refractivity contribution in [1.29, 1.82) is 0 Å². The summed E-state index contributed by atoms with van der Waals surface area (Å²) in [7, 11) is 0. The molecule has 1 fully saturated rings. The first-order valence-corrected chi connectivity index (χ1v) is 10.0. The highest BCUT2D eigenvalue weighted by Gasteiger charge is 2.33. The highest BCUT2D eigenvalue weighted by Crippen LogP contribution is 2.31. The largest absolute Gasteiger partial charge is 0.417 e. The first kappa shape index (κ1) is 20.2. The Morgan fingerprint density at radius 3 is 2.66 bits per heavy atom. The fourth-order valence-corrected chi connectivity index (χ4v) is 4.15. The molecule has 1 aromatic carbocycles. The lowest BCUT2D eigenvalue weighted by atomic mass is 9.96. The number of H-pyrrole nitrogens is 1. The van der Waals surface area contributed by atoms with Crippen molar-refractivity contribution in [3.63, 3.8) is 0 Å². The summed E-state index contributed by atoms with van der Waals surface area (Å²) in [4.78, 5) is 26.9. The molecule has 4 heterocycles. The van der Waals surface area contributed by atoms with Crippen LogP contribution in [0.4, 0.5) is 13.2 Å². The number of amides is 1. The van der Waals surface area contributed by atoms with Gasteiger partial charge in [0.1, 0.15) is 5.82 Å². The molecule has 3 aromatic heterocycles. The molecule has 0 aliphatic carbocycles. The van der Waals surface area contributed by atoms with Gasteiger partial charge < -0.3 is 4.90 Å². The smallest absolute Gasteiger partial charge is 0.337 e. The zero-order valence-corrected chi connectivity index (χ0v) is 16.6. The van der Waals surface area contributed by atoms with Crippen LogP contribution in [0.5, 0.6) is 0 Å². The first-order chi connectivity index (χ1) is 15.3. The number of piperidine rings is 1. The molecule has 0 saturated carbocycles. The van der Waals surface area contributed by atoms with Gasteiger partial charge in [-0.3, -0.25) is 14.0 Å². The average molecular weight is 442 g/mol. The van der Waals surface area contributed by atoms with E-state index in [1.807, 2.05) is 0 Å². The Hall–Kier alpha value is -3.76. The molecule has 8 nitrogen and oxygen atoms in total. The van der Waals surface area contributed by atoms with Gasteiger partial charge in [-0.2, -0.15) is 18.3 Å². The number of carbonyl (C=O) groups excluding carboxylic acids is 1. The molecule has 0 spiro atoms. The molecule has 32 heavy (non-hydrogen) atoms. The Balaban J connectivity index is 1.47. The van der Waals surface area contributed by atoms with Gasteiger partial charge in [-0.05, 0) is 31.0 Å². The van der Waals surface area contributed by atoms with Gasteiger partial charge in [0.05, 0.1) is 10.9 Å². The first-order valence-electron chi connectivity index (χ1n) is 10.0. The molecule has 1 saturated heterocycles. The summed E-state index contributed by atoms with van der Waals surface area (Å²) in [5, 5.41) is 15.2. The number of fused-ring (bicyclic) bond motifs is 2. The molecule has 0 bridgehead atoms. The van der Waals surface area contributed by atoms with Crippen molar-refractivity contribution in [2.24, 2.45) is 0 Å². The highest BCUT2D eigenvalue weighted by atomic mass is 19.4. The summed E-state index contributed by atoms with van der Waals surface area (Å²) < 4.78 is 40.8. The molecular weight excluding hydrogens is 425 g/mol. The molecule has 1 atom stereocenters. The third-order valence-electron chi connectivity index (χ3n) is 5.73. The Kier molecular flexibility index (Phi) is 4.68. The molecule has 1 N–H and O–H groups in total. The number of hydrogen-bond acceptors (Lipinski definition) is 5. The standard InChI is InChI=1S/C21H17F3N6O2/c22-21(23,24)13-7-8-16-25-27-18(30(16)11-13)12-4-3-9-29(10-12)20(32)17-14-5-1-2-6-15(14)19(31)28-26-17/h1-2,5-8,11-12H,3-4,9-10H2,(H,28,31). The lowest BCUT2D eigenvalue weighted by molar-refractivity contribution is -0.137. The maximum atomic E-state index is 13.2. The van der Waals surface area contributed by atoms with E-state index in [9.17, 15) is 22.8 Å². The lowest BCUT2D eigenvalue weighted by Gasteiger charge is -2.31. The summed E-state index contributed by atoms with van der Waals surface area (Å²) in [6.07, 6.45) is -2.20. The minimum atomic E-state index is -4.48. The Bertz CT molecular complexity index is 1390. The number of likely N-dealkylation sites (tertiary alicyclic amines) is 1. The highest BCUT2D eigenvalue weighted by molar-refractivity contribution is 6.04. The van der Waals surface area contributed by atoms with E-state index in [1.54, 1.807) is 29.2 Å². The predicted molar refractivity (Wildman–Crippen MR) is 108 cm³/mol. The molecular formula is C21H17F3N6O2. The van der Waals surface area contributed by atoms with Gasteiger partial charge in [-0.15, -0.1) is 10.2 Å². The number of nitrogens with one attached hydrogen (secondary N) is 1. The monoisotopic (exact) mass is 442 g/mol. The topological polar surface area (TPSA) is 96.2 Å². The molecule has 1 aliphatic heterocycles. The predicted octanol–water partition coefficient (Wildman–Crippen LogP) is 3.00. The number of carbonyl (C=O) groups is 1. The molecule has 1 aliphatic rings. The van der Waals surface area contributed by atoms with Crippen LogP contribution in [0.1, 0.15) is 40.6 Å². The number of benzene rings is 1. The van der Waals surface area contributed by atoms with E-state index in [2.05, 4.69) is 20.4 Å². The van der Waals surface area contributed by atoms with E-state index in [1.165, 1.54) is 10.5 Å². The van der Waals surface area contributed by atoms with Gasteiger partial charge >= 0.3 is 6.18 Å². The molecule has 11 heteroatoms. The number of nitrogens with zero attached hydrogens (tertiary/aromatic N) is 5. The van der Waals surface area contributed by atoms with E-state index < -0.39 is 11.7 Å². The fourth-order valence-electron chi connectivity index (χ4n) is 4.15. The third-order valence-corrected chi connectivity index (χ3v) is 5.73. The molecule has 5 rings (SSSR count). The summed E-state index contributed by atoms with van der Waals surface area (Å²) in [6, 6.07) is 8.95. The van der Waals surface area contributed by atoms with Crippen LogP contribution >= 0.6 is 0 Å². The molecule has 1 amide bonds. The van der Waals surface area contributed by atoms with Crippen molar-refractivity contribution in [1.82, 2.24) is 29.7 Å². The van der Waals surface area contributed by atoms with Crippen LogP contribution in [-0.4, -0.2) is 48.7 Å². The quantitative estimate of drug-likeness (QED) is 0.515. The van der Waals surface area contributed by atoms with E-state index in [0.29, 0.717) is 41.6 Å². The minimum Gasteiger partial charge on any atom is -0.337 e. The summed E-state index contributed by atoms with van der Waals surface area (Å²) in [6.45, 7) is 0.722. The maximum Gasteiger partial charge on any atom is 0.417 e. The number of aromatic nitrogens is 5. The molecule has 1 unspecified atom stereocenters. The zero-order valence-electron chi connectivity index (χ0n) is 16.6. The van der Waals surface area contributed by atoms with E-state index in [4.69, 9.17) is 0 Å². The van der Waals surface area contributed by atoms with Crippen molar-refractivity contribution in [3.05, 3.63) is 70.0 Å². The van der Waals surface area contributed by atoms with Gasteiger partial charge in [0.25, 0.3) is 11.5 Å². The number of hydrogen-bond donors (Lipinski definition) is 1. The number of alkyl halides is 3. The molecule has 164 valence electrons. The van der Waals surface area contributed by atoms with Gasteiger partial charge in [-0.25, -0.2) is 5.10 Å². The normalized spacial score (nSPS) is 17.2. The van der Waals surface area contributed by atoms with Crippen LogP contribution in [0.2, 0.25) is 0 Å². The summed E-state index contributed by atoms with van der Waals surface area (Å²) in [5.74, 6) is -0.268. The lowest BCUT2D eigenvalue weighted by Crippen LogP contribution is -2.40. The van der Waals surface area contributed by atoms with Crippen molar-refractivity contribution < 1.29 is 18.0 Å². The van der Waals surface area contributed by atoms with Crippen molar-refractivity contribution in [3.8, 4) is 0 Å². The SMILES string of the molecule is O=C(c1n[nH]c(=O)c2ccccc12)N1CCCC(c2nnc3ccc(C(F)(F)F)cn23)C1. The van der Waals surface area contributed by atoms with E-state index in [-0.39, 0.29) is 29.6 Å². The van der Waals surface area contributed by atoms with Gasteiger partial charge in [0, 0.05) is 30.6 Å². The van der Waals surface area contributed by atoms with Crippen LogP contribution in [0.3, 0.4) is 0 Å². The van der Waals surface area contributed by atoms with Crippen LogP contribution in [0.15, 0.2) is 47.4 Å². The summed E-state index contributed by atoms with van der Waals surface area (Å²) >= 11 is 0. The van der Waals surface area contributed by atoms with Gasteiger partial charge in [0.15, 0.2) is 11.3 Å². The van der Waals surface area contributed by atoms with Gasteiger partial charge in [0.2, 0.25) is 0 Å². The average Bonchev–Trinajstić information content (AvgIpc) is 3.22. The second kappa shape index (κ2) is 7.43. The second-order valence-electron chi connectivity index (χ2n) is 7.74. The Labute approximate surface area is 178 Å². The van der Waals surface area contributed by atoms with E-state index in [0.717, 1.165) is 12.3 Å². The maximum absolute atomic E-state index is 13.2. The van der Waals surface area contributed by atoms with E-state index >= 15 is 0 Å². The Morgan fingerprint density at radius 1 is 1.09 bits per heavy atom. The Morgan fingerprint density at radius 2 is 1.88 bits per heavy atom. The zero-order chi connectivity index (χ0) is 22.5. The second-order valence-corrected chi connectivity index (χ2v) is 7.74. The molecule has 0 radical (unpaired) electrons. The van der Waals surface area contributed by atoms with Crippen LogP contribution in [0.25, 0.3) is 16.4 Å². The fraction of sp³-hybridized carbons (Fsp3) is 0.286. The van der Waals surface area contributed by atoms with Crippen molar-refractivity contribution >= 4 is 22.3 Å². The third kappa shape index (κ3) is 3.39. The van der Waals surface area contributed by atoms with Crippen LogP contribution in [-0.2, 0) is 6.18 Å². The number of pyridine rings is 1. The number of rotatable bonds is 2. The van der Waals surface area contributed by atoms with Crippen LogP contribution in [0, 0.1) is 0 Å². The summed E-state index contributed by atoms with van der Waals surface area (Å²) in [5.41, 5.74) is -0.737. The molecule has 4 aromatic rings. The van der Waals surface area contributed by atoms with Crippen LogP contribution < -0.4 is 5.56 Å². The number of halogens is 3. The van der Waals surface area contributed by atoms with Crippen molar-refractivity contribution in [2.75, 3.05) is 13.1 Å². The van der Waals surface area contributed by atoms with Crippen molar-refractivity contribution in [2.45, 2.75) is 24.9 Å². The van der Waals surface area contributed by atoms with Gasteiger partial charge in [-0.1, -0.05) is 18.2 Å².